The summed E-state index contributed by atoms with van der Waals surface area (Å²) in [5, 5.41) is 0.648. The second-order valence-electron chi connectivity index (χ2n) is 12.4. The number of carbonyl (C=O) groups is 2. The number of nitrogens with zero attached hydrogens (tertiary/aromatic N) is 4. The highest BCUT2D eigenvalue weighted by Gasteiger charge is 2.31. The molecular formula is C34H47ClN4O3. The van der Waals surface area contributed by atoms with Gasteiger partial charge in [0.15, 0.2) is 0 Å². The predicted octanol–water partition coefficient (Wildman–Crippen LogP) is 6.15. The van der Waals surface area contributed by atoms with E-state index in [9.17, 15) is 9.59 Å². The Morgan fingerprint density at radius 2 is 1.67 bits per heavy atom. The van der Waals surface area contributed by atoms with Crippen molar-refractivity contribution in [3.8, 4) is 0 Å². The van der Waals surface area contributed by atoms with Crippen molar-refractivity contribution in [2.45, 2.75) is 71.9 Å². The molecule has 2 aliphatic heterocycles. The number of hydrogen-bond acceptors (Lipinski definition) is 5. The number of ether oxygens (including phenoxy) is 1. The molecule has 2 aromatic carbocycles. The molecule has 2 heterocycles. The summed E-state index contributed by atoms with van der Waals surface area (Å²) in [4.78, 5) is 37.0. The van der Waals surface area contributed by atoms with Crippen molar-refractivity contribution in [1.29, 1.82) is 0 Å². The van der Waals surface area contributed by atoms with Crippen LogP contribution in [-0.2, 0) is 16.1 Å². The third-order valence-electron chi connectivity index (χ3n) is 9.22. The molecule has 2 aromatic rings. The molecule has 7 nitrogen and oxygen atoms in total. The molecule has 0 N–H and O–H groups in total. The molecular weight excluding hydrogens is 548 g/mol. The summed E-state index contributed by atoms with van der Waals surface area (Å²) in [6.07, 6.45) is 6.32. The summed E-state index contributed by atoms with van der Waals surface area (Å²) in [7, 11) is 0. The van der Waals surface area contributed by atoms with E-state index in [-0.39, 0.29) is 17.7 Å². The molecule has 0 bridgehead atoms. The topological polar surface area (TPSA) is 56.3 Å². The maximum atomic E-state index is 14.3. The van der Waals surface area contributed by atoms with E-state index in [1.54, 1.807) is 0 Å². The standard InChI is InChI=1S/C34H47ClN4O3/c1-25(2)36-15-8-16-39(34(41)27-10-5-4-6-11-27)32-26(3)9-7-12-29(32)24-38(18-17-36)33(40)28-13-14-30(35)31(23-28)37-19-21-42-22-20-37/h7,9,12-14,23,25,27H,4-6,8,10-11,15-22,24H2,1-3H3. The first-order chi connectivity index (χ1) is 20.3. The lowest BCUT2D eigenvalue weighted by Gasteiger charge is -2.33. The number of fused-ring (bicyclic) bond motifs is 1. The van der Waals surface area contributed by atoms with Crippen LogP contribution in [0.5, 0.6) is 0 Å². The molecule has 42 heavy (non-hydrogen) atoms. The number of para-hydroxylation sites is 1. The monoisotopic (exact) mass is 594 g/mol. The van der Waals surface area contributed by atoms with E-state index in [1.165, 1.54) is 6.42 Å². The van der Waals surface area contributed by atoms with Crippen LogP contribution in [0.15, 0.2) is 36.4 Å². The Morgan fingerprint density at radius 1 is 0.905 bits per heavy atom. The van der Waals surface area contributed by atoms with Gasteiger partial charge in [0.25, 0.3) is 5.91 Å². The summed E-state index contributed by atoms with van der Waals surface area (Å²) < 4.78 is 5.54. The molecule has 5 rings (SSSR count). The minimum absolute atomic E-state index is 0.0123. The van der Waals surface area contributed by atoms with Gasteiger partial charge in [-0.2, -0.15) is 0 Å². The lowest BCUT2D eigenvalue weighted by molar-refractivity contribution is -0.123. The first-order valence-electron chi connectivity index (χ1n) is 15.9. The van der Waals surface area contributed by atoms with Gasteiger partial charge in [0.05, 0.1) is 29.6 Å². The lowest BCUT2D eigenvalue weighted by atomic mass is 9.87. The van der Waals surface area contributed by atoms with E-state index in [4.69, 9.17) is 16.3 Å². The Kier molecular flexibility index (Phi) is 10.5. The van der Waals surface area contributed by atoms with E-state index in [1.807, 2.05) is 23.1 Å². The normalized spacial score (nSPS) is 19.9. The van der Waals surface area contributed by atoms with Crippen molar-refractivity contribution in [1.82, 2.24) is 9.80 Å². The van der Waals surface area contributed by atoms with Gasteiger partial charge in [-0.15, -0.1) is 0 Å². The average Bonchev–Trinajstić information content (AvgIpc) is 3.04. The average molecular weight is 595 g/mol. The summed E-state index contributed by atoms with van der Waals surface area (Å²) >= 11 is 6.62. The van der Waals surface area contributed by atoms with Crippen molar-refractivity contribution < 1.29 is 14.3 Å². The van der Waals surface area contributed by atoms with Crippen molar-refractivity contribution in [2.75, 3.05) is 62.3 Å². The van der Waals surface area contributed by atoms with Gasteiger partial charge in [-0.05, 0) is 69.4 Å². The summed E-state index contributed by atoms with van der Waals surface area (Å²) in [5.74, 6) is 0.330. The molecule has 228 valence electrons. The van der Waals surface area contributed by atoms with E-state index < -0.39 is 0 Å². The highest BCUT2D eigenvalue weighted by Crippen LogP contribution is 2.33. The third kappa shape index (κ3) is 7.12. The van der Waals surface area contributed by atoms with Crippen LogP contribution in [-0.4, -0.2) is 80.1 Å². The van der Waals surface area contributed by atoms with Crippen LogP contribution in [0.3, 0.4) is 0 Å². The Bertz CT molecular complexity index is 1240. The van der Waals surface area contributed by atoms with Crippen LogP contribution in [0.2, 0.25) is 5.02 Å². The number of rotatable bonds is 4. The molecule has 0 radical (unpaired) electrons. The molecule has 0 unspecified atom stereocenters. The van der Waals surface area contributed by atoms with E-state index >= 15 is 0 Å². The zero-order chi connectivity index (χ0) is 29.6. The van der Waals surface area contributed by atoms with Crippen molar-refractivity contribution in [3.63, 3.8) is 0 Å². The van der Waals surface area contributed by atoms with Gasteiger partial charge in [0.2, 0.25) is 5.91 Å². The number of anilines is 2. The predicted molar refractivity (Wildman–Crippen MR) is 171 cm³/mol. The molecule has 2 fully saturated rings. The van der Waals surface area contributed by atoms with Crippen molar-refractivity contribution in [2.24, 2.45) is 5.92 Å². The zero-order valence-electron chi connectivity index (χ0n) is 25.6. The van der Waals surface area contributed by atoms with Crippen molar-refractivity contribution in [3.05, 3.63) is 58.1 Å². The number of halogens is 1. The third-order valence-corrected chi connectivity index (χ3v) is 9.54. The Morgan fingerprint density at radius 3 is 2.40 bits per heavy atom. The van der Waals surface area contributed by atoms with E-state index in [0.29, 0.717) is 49.5 Å². The van der Waals surface area contributed by atoms with Crippen LogP contribution in [0.4, 0.5) is 11.4 Å². The van der Waals surface area contributed by atoms with E-state index in [2.05, 4.69) is 53.7 Å². The van der Waals surface area contributed by atoms with E-state index in [0.717, 1.165) is 80.8 Å². The van der Waals surface area contributed by atoms with Crippen LogP contribution >= 0.6 is 11.6 Å². The van der Waals surface area contributed by atoms with Gasteiger partial charge in [-0.25, -0.2) is 0 Å². The van der Waals surface area contributed by atoms with Gasteiger partial charge in [0.1, 0.15) is 0 Å². The maximum absolute atomic E-state index is 14.3. The summed E-state index contributed by atoms with van der Waals surface area (Å²) in [6.45, 7) is 12.8. The Labute approximate surface area is 256 Å². The fourth-order valence-corrected chi connectivity index (χ4v) is 7.01. The number of aryl methyl sites for hydroxylation is 1. The first kappa shape index (κ1) is 30.8. The highest BCUT2D eigenvalue weighted by molar-refractivity contribution is 6.33. The molecule has 0 spiro atoms. The molecule has 1 aliphatic carbocycles. The van der Waals surface area contributed by atoms with Crippen LogP contribution < -0.4 is 9.80 Å². The van der Waals surface area contributed by atoms with Crippen LogP contribution in [0.1, 0.15) is 73.9 Å². The van der Waals surface area contributed by atoms with Gasteiger partial charge in [-0.3, -0.25) is 14.5 Å². The molecule has 1 saturated heterocycles. The first-order valence-corrected chi connectivity index (χ1v) is 16.3. The fourth-order valence-electron chi connectivity index (χ4n) is 6.78. The number of hydrogen-bond donors (Lipinski definition) is 0. The van der Waals surface area contributed by atoms with Crippen LogP contribution in [0, 0.1) is 12.8 Å². The molecule has 1 saturated carbocycles. The SMILES string of the molecule is Cc1cccc2c1N(C(=O)C1CCCCC1)CCCN(C(C)C)CCN(C(=O)c1ccc(Cl)c(N3CCOCC3)c1)C2. The minimum atomic E-state index is -0.0123. The molecule has 2 amide bonds. The van der Waals surface area contributed by atoms with Crippen LogP contribution in [0.25, 0.3) is 0 Å². The number of amides is 2. The molecule has 0 aromatic heterocycles. The van der Waals surface area contributed by atoms with Gasteiger partial charge in [-0.1, -0.05) is 49.1 Å². The van der Waals surface area contributed by atoms with Gasteiger partial charge in [0, 0.05) is 63.3 Å². The maximum Gasteiger partial charge on any atom is 0.254 e. The smallest absolute Gasteiger partial charge is 0.254 e. The Hall–Kier alpha value is -2.61. The molecule has 3 aliphatic rings. The second kappa shape index (κ2) is 14.2. The molecule has 8 heteroatoms. The highest BCUT2D eigenvalue weighted by atomic mass is 35.5. The largest absolute Gasteiger partial charge is 0.378 e. The quantitative estimate of drug-likeness (QED) is 0.425. The second-order valence-corrected chi connectivity index (χ2v) is 12.8. The zero-order valence-corrected chi connectivity index (χ0v) is 26.4. The fraction of sp³-hybridized carbons (Fsp3) is 0.588. The van der Waals surface area contributed by atoms with Gasteiger partial charge < -0.3 is 19.4 Å². The van der Waals surface area contributed by atoms with Crippen molar-refractivity contribution >= 4 is 34.8 Å². The number of morpholine rings is 1. The number of benzene rings is 2. The minimum Gasteiger partial charge on any atom is -0.378 e. The van der Waals surface area contributed by atoms with Gasteiger partial charge >= 0.3 is 0 Å². The summed E-state index contributed by atoms with van der Waals surface area (Å²) in [5.41, 5.74) is 4.64. The lowest BCUT2D eigenvalue weighted by Crippen LogP contribution is -2.42. The Balaban J connectivity index is 1.50. The number of carbonyl (C=O) groups excluding carboxylic acids is 2. The summed E-state index contributed by atoms with van der Waals surface area (Å²) in [6, 6.07) is 12.2. The molecule has 0 atom stereocenters.